The lowest BCUT2D eigenvalue weighted by molar-refractivity contribution is 0.385. The summed E-state index contributed by atoms with van der Waals surface area (Å²) in [5.41, 5.74) is 5.57. The molecular formula is C26H28N2. The Kier molecular flexibility index (Phi) is 4.64. The fraction of sp³-hybridized carbons (Fsp3) is 0.346. The van der Waals surface area contributed by atoms with Gasteiger partial charge in [-0.3, -0.25) is 4.99 Å². The van der Waals surface area contributed by atoms with Gasteiger partial charge in [0.05, 0.1) is 6.04 Å². The summed E-state index contributed by atoms with van der Waals surface area (Å²) >= 11 is 0. The van der Waals surface area contributed by atoms with Gasteiger partial charge in [-0.15, -0.1) is 0 Å². The molecule has 1 aliphatic heterocycles. The zero-order valence-electron chi connectivity index (χ0n) is 16.6. The Bertz CT molecular complexity index is 1030. The van der Waals surface area contributed by atoms with Gasteiger partial charge in [0.1, 0.15) is 5.84 Å². The third kappa shape index (κ3) is 3.22. The van der Waals surface area contributed by atoms with Crippen LogP contribution in [0.3, 0.4) is 0 Å². The summed E-state index contributed by atoms with van der Waals surface area (Å²) in [6, 6.07) is 23.1. The molecule has 0 bridgehead atoms. The molecule has 28 heavy (non-hydrogen) atoms. The number of hydrogen-bond acceptors (Lipinski definition) is 2. The maximum absolute atomic E-state index is 5.07. The van der Waals surface area contributed by atoms with Crippen molar-refractivity contribution in [1.82, 2.24) is 5.32 Å². The average Bonchev–Trinajstić information content (AvgIpc) is 3.17. The number of aliphatic imine (C=N–C) groups is 1. The van der Waals surface area contributed by atoms with E-state index in [1.807, 2.05) is 0 Å². The second-order valence-corrected chi connectivity index (χ2v) is 8.32. The molecular weight excluding hydrogens is 340 g/mol. The molecule has 5 rings (SSSR count). The number of aryl methyl sites for hydroxylation is 3. The van der Waals surface area contributed by atoms with Crippen LogP contribution in [0, 0.1) is 6.92 Å². The number of fused-ring (bicyclic) bond motifs is 2. The lowest BCUT2D eigenvalue weighted by atomic mass is 9.92. The highest BCUT2D eigenvalue weighted by molar-refractivity contribution is 6.01. The Morgan fingerprint density at radius 3 is 2.64 bits per heavy atom. The lowest BCUT2D eigenvalue weighted by Crippen LogP contribution is -2.37. The minimum atomic E-state index is 0.483. The molecule has 3 aromatic carbocycles. The Morgan fingerprint density at radius 2 is 1.71 bits per heavy atom. The number of benzene rings is 3. The Morgan fingerprint density at radius 1 is 0.893 bits per heavy atom. The standard InChI is InChI=1S/C26H28N2/c1-18-14-15-19-8-2-4-10-22(19)21(18)17-16-20-9-3-5-11-23(20)26-27-24-12-6-7-13-25(24)28-26/h2-5,8-11,14-15,24-25H,6-7,12-13,16-17H2,1H3,(H,27,28)/t24-,25?/m0/s1. The molecule has 1 heterocycles. The van der Waals surface area contributed by atoms with Crippen LogP contribution in [0.1, 0.15) is 47.9 Å². The van der Waals surface area contributed by atoms with Crippen molar-refractivity contribution in [2.75, 3.05) is 0 Å². The summed E-state index contributed by atoms with van der Waals surface area (Å²) < 4.78 is 0. The monoisotopic (exact) mass is 368 g/mol. The molecule has 1 saturated carbocycles. The number of amidine groups is 1. The van der Waals surface area contributed by atoms with Gasteiger partial charge in [0.25, 0.3) is 0 Å². The SMILES string of the molecule is Cc1ccc2ccccc2c1CCc1ccccc1C1=N[C@H]2CCCCC2N1. The van der Waals surface area contributed by atoms with Crippen LogP contribution in [-0.2, 0) is 12.8 Å². The van der Waals surface area contributed by atoms with E-state index in [4.69, 9.17) is 4.99 Å². The van der Waals surface area contributed by atoms with Crippen molar-refractivity contribution in [1.29, 1.82) is 0 Å². The van der Waals surface area contributed by atoms with Gasteiger partial charge >= 0.3 is 0 Å². The van der Waals surface area contributed by atoms with Crippen molar-refractivity contribution in [3.8, 4) is 0 Å². The van der Waals surface area contributed by atoms with Crippen molar-refractivity contribution >= 4 is 16.6 Å². The number of hydrogen-bond donors (Lipinski definition) is 1. The average molecular weight is 369 g/mol. The zero-order valence-corrected chi connectivity index (χ0v) is 16.6. The van der Waals surface area contributed by atoms with Crippen molar-refractivity contribution in [2.24, 2.45) is 4.99 Å². The molecule has 1 unspecified atom stereocenters. The summed E-state index contributed by atoms with van der Waals surface area (Å²) in [5.74, 6) is 1.13. The molecule has 1 N–H and O–H groups in total. The maximum atomic E-state index is 5.07. The van der Waals surface area contributed by atoms with E-state index < -0.39 is 0 Å². The Hall–Kier alpha value is -2.61. The second kappa shape index (κ2) is 7.43. The van der Waals surface area contributed by atoms with Crippen molar-refractivity contribution < 1.29 is 0 Å². The van der Waals surface area contributed by atoms with Crippen molar-refractivity contribution in [3.05, 3.63) is 82.9 Å². The molecule has 2 nitrogen and oxygen atoms in total. The quantitative estimate of drug-likeness (QED) is 0.637. The first-order valence-corrected chi connectivity index (χ1v) is 10.7. The van der Waals surface area contributed by atoms with Crippen LogP contribution in [-0.4, -0.2) is 17.9 Å². The van der Waals surface area contributed by atoms with Gasteiger partial charge in [-0.25, -0.2) is 0 Å². The molecule has 2 heteroatoms. The fourth-order valence-corrected chi connectivity index (χ4v) is 4.97. The normalized spacial score (nSPS) is 21.2. The molecule has 2 aliphatic rings. The minimum absolute atomic E-state index is 0.483. The summed E-state index contributed by atoms with van der Waals surface area (Å²) in [5, 5.41) is 6.47. The van der Waals surface area contributed by atoms with Crippen LogP contribution < -0.4 is 5.32 Å². The van der Waals surface area contributed by atoms with Gasteiger partial charge in [-0.2, -0.15) is 0 Å². The van der Waals surface area contributed by atoms with Crippen LogP contribution in [0.4, 0.5) is 0 Å². The van der Waals surface area contributed by atoms with E-state index in [1.165, 1.54) is 58.7 Å². The third-order valence-electron chi connectivity index (χ3n) is 6.54. The fourth-order valence-electron chi connectivity index (χ4n) is 4.97. The number of nitrogens with zero attached hydrogens (tertiary/aromatic N) is 1. The molecule has 2 atom stereocenters. The highest BCUT2D eigenvalue weighted by Crippen LogP contribution is 2.28. The number of nitrogens with one attached hydrogen (secondary N) is 1. The summed E-state index contributed by atoms with van der Waals surface area (Å²) in [6.45, 7) is 2.24. The predicted molar refractivity (Wildman–Crippen MR) is 118 cm³/mol. The van der Waals surface area contributed by atoms with E-state index in [0.717, 1.165) is 18.7 Å². The molecule has 0 radical (unpaired) electrons. The molecule has 1 fully saturated rings. The summed E-state index contributed by atoms with van der Waals surface area (Å²) in [7, 11) is 0. The van der Waals surface area contributed by atoms with E-state index in [0.29, 0.717) is 12.1 Å². The summed E-state index contributed by atoms with van der Waals surface area (Å²) in [4.78, 5) is 5.07. The van der Waals surface area contributed by atoms with Gasteiger partial charge in [0.15, 0.2) is 0 Å². The first-order valence-electron chi connectivity index (χ1n) is 10.7. The highest BCUT2D eigenvalue weighted by atomic mass is 15.1. The second-order valence-electron chi connectivity index (χ2n) is 8.32. The van der Waals surface area contributed by atoms with E-state index in [-0.39, 0.29) is 0 Å². The Balaban J connectivity index is 1.43. The minimum Gasteiger partial charge on any atom is -0.365 e. The molecule has 142 valence electrons. The zero-order chi connectivity index (χ0) is 18.9. The van der Waals surface area contributed by atoms with E-state index in [9.17, 15) is 0 Å². The van der Waals surface area contributed by atoms with Crippen LogP contribution >= 0.6 is 0 Å². The van der Waals surface area contributed by atoms with Crippen LogP contribution in [0.5, 0.6) is 0 Å². The highest BCUT2D eigenvalue weighted by Gasteiger charge is 2.31. The van der Waals surface area contributed by atoms with Gasteiger partial charge in [-0.1, -0.05) is 73.5 Å². The van der Waals surface area contributed by atoms with Crippen LogP contribution in [0.2, 0.25) is 0 Å². The largest absolute Gasteiger partial charge is 0.365 e. The molecule has 0 amide bonds. The molecule has 0 spiro atoms. The van der Waals surface area contributed by atoms with Crippen LogP contribution in [0.25, 0.3) is 10.8 Å². The maximum Gasteiger partial charge on any atom is 0.129 e. The molecule has 3 aromatic rings. The smallest absolute Gasteiger partial charge is 0.129 e. The van der Waals surface area contributed by atoms with Gasteiger partial charge in [0, 0.05) is 11.6 Å². The predicted octanol–water partition coefficient (Wildman–Crippen LogP) is 5.59. The van der Waals surface area contributed by atoms with Gasteiger partial charge in [-0.05, 0) is 60.1 Å². The molecule has 1 aliphatic carbocycles. The van der Waals surface area contributed by atoms with Crippen molar-refractivity contribution in [2.45, 2.75) is 57.5 Å². The van der Waals surface area contributed by atoms with E-state index in [2.05, 4.69) is 72.9 Å². The first kappa shape index (κ1) is 17.5. The lowest BCUT2D eigenvalue weighted by Gasteiger charge is -2.23. The van der Waals surface area contributed by atoms with Crippen LogP contribution in [0.15, 0.2) is 65.7 Å². The molecule has 0 saturated heterocycles. The van der Waals surface area contributed by atoms with Gasteiger partial charge < -0.3 is 5.32 Å². The van der Waals surface area contributed by atoms with Gasteiger partial charge in [0.2, 0.25) is 0 Å². The first-order chi connectivity index (χ1) is 13.8. The summed E-state index contributed by atoms with van der Waals surface area (Å²) in [6.07, 6.45) is 7.25. The van der Waals surface area contributed by atoms with E-state index >= 15 is 0 Å². The third-order valence-corrected chi connectivity index (χ3v) is 6.54. The van der Waals surface area contributed by atoms with E-state index in [1.54, 1.807) is 0 Å². The van der Waals surface area contributed by atoms with Crippen molar-refractivity contribution in [3.63, 3.8) is 0 Å². The Labute approximate surface area is 167 Å². The molecule has 0 aromatic heterocycles. The topological polar surface area (TPSA) is 24.4 Å². The number of rotatable bonds is 4.